The highest BCUT2D eigenvalue weighted by molar-refractivity contribution is 5.54. The smallest absolute Gasteiger partial charge is 0.227 e. The SMILES string of the molecule is CN(CCO)CC(O)C1CCN(c2nc(N(C)C)nc3c2CCCC3)CC1. The lowest BCUT2D eigenvalue weighted by Crippen LogP contribution is -2.43. The minimum Gasteiger partial charge on any atom is -0.395 e. The average molecular weight is 378 g/mol. The summed E-state index contributed by atoms with van der Waals surface area (Å²) in [6.07, 6.45) is 6.18. The van der Waals surface area contributed by atoms with E-state index in [1.54, 1.807) is 0 Å². The van der Waals surface area contributed by atoms with E-state index in [0.717, 1.165) is 50.5 Å². The van der Waals surface area contributed by atoms with Crippen molar-refractivity contribution in [2.45, 2.75) is 44.6 Å². The van der Waals surface area contributed by atoms with Crippen LogP contribution in [0.15, 0.2) is 0 Å². The third-order valence-corrected chi connectivity index (χ3v) is 5.91. The van der Waals surface area contributed by atoms with Crippen LogP contribution in [-0.4, -0.2) is 85.1 Å². The zero-order chi connectivity index (χ0) is 19.4. The number of hydrogen-bond acceptors (Lipinski definition) is 7. The predicted molar refractivity (Wildman–Crippen MR) is 109 cm³/mol. The first-order valence-electron chi connectivity index (χ1n) is 10.3. The Bertz CT molecular complexity index is 617. The molecule has 2 heterocycles. The van der Waals surface area contributed by atoms with Gasteiger partial charge >= 0.3 is 0 Å². The van der Waals surface area contributed by atoms with E-state index < -0.39 is 0 Å². The van der Waals surface area contributed by atoms with Crippen molar-refractivity contribution in [2.24, 2.45) is 5.92 Å². The second-order valence-corrected chi connectivity index (χ2v) is 8.25. The highest BCUT2D eigenvalue weighted by Gasteiger charge is 2.29. The topological polar surface area (TPSA) is 76.0 Å². The van der Waals surface area contributed by atoms with Crippen molar-refractivity contribution in [3.05, 3.63) is 11.3 Å². The molecule has 27 heavy (non-hydrogen) atoms. The molecule has 0 radical (unpaired) electrons. The van der Waals surface area contributed by atoms with Gasteiger partial charge in [-0.2, -0.15) is 4.98 Å². The lowest BCUT2D eigenvalue weighted by molar-refractivity contribution is 0.0562. The number of anilines is 2. The number of likely N-dealkylation sites (N-methyl/N-ethyl adjacent to an activating group) is 1. The number of aromatic nitrogens is 2. The maximum atomic E-state index is 10.6. The second kappa shape index (κ2) is 9.17. The number of rotatable bonds is 7. The molecule has 0 saturated carbocycles. The first-order chi connectivity index (χ1) is 13.0. The van der Waals surface area contributed by atoms with Gasteiger partial charge < -0.3 is 24.9 Å². The molecule has 1 aliphatic carbocycles. The lowest BCUT2D eigenvalue weighted by atomic mass is 9.90. The molecule has 0 spiro atoms. The van der Waals surface area contributed by atoms with Gasteiger partial charge in [-0.05, 0) is 51.5 Å². The lowest BCUT2D eigenvalue weighted by Gasteiger charge is -2.37. The van der Waals surface area contributed by atoms with Crippen LogP contribution in [0.5, 0.6) is 0 Å². The molecule has 1 aromatic rings. The van der Waals surface area contributed by atoms with Gasteiger partial charge in [-0.15, -0.1) is 0 Å². The summed E-state index contributed by atoms with van der Waals surface area (Å²) in [5, 5.41) is 19.6. The van der Waals surface area contributed by atoms with E-state index >= 15 is 0 Å². The van der Waals surface area contributed by atoms with Gasteiger partial charge in [0.2, 0.25) is 5.95 Å². The molecule has 1 fully saturated rings. The maximum Gasteiger partial charge on any atom is 0.227 e. The molecule has 1 atom stereocenters. The zero-order valence-corrected chi connectivity index (χ0v) is 17.1. The second-order valence-electron chi connectivity index (χ2n) is 8.25. The standard InChI is InChI=1S/C20H35N5O2/c1-23(2)20-21-17-7-5-4-6-16(17)19(22-20)25-10-8-15(9-11-25)18(27)14-24(3)12-13-26/h15,18,26-27H,4-14H2,1-3H3. The fraction of sp³-hybridized carbons (Fsp3) is 0.800. The van der Waals surface area contributed by atoms with Crippen molar-refractivity contribution in [1.29, 1.82) is 0 Å². The van der Waals surface area contributed by atoms with Crippen LogP contribution in [-0.2, 0) is 12.8 Å². The molecule has 1 aromatic heterocycles. The van der Waals surface area contributed by atoms with Crippen molar-refractivity contribution >= 4 is 11.8 Å². The van der Waals surface area contributed by atoms with Crippen molar-refractivity contribution < 1.29 is 10.2 Å². The molecule has 3 rings (SSSR count). The van der Waals surface area contributed by atoms with Gasteiger partial charge in [0.15, 0.2) is 0 Å². The van der Waals surface area contributed by atoms with Crippen LogP contribution in [0.2, 0.25) is 0 Å². The Morgan fingerprint density at radius 3 is 2.48 bits per heavy atom. The highest BCUT2D eigenvalue weighted by Crippen LogP contribution is 2.32. The summed E-state index contributed by atoms with van der Waals surface area (Å²) in [4.78, 5) is 16.1. The Kier molecular flexibility index (Phi) is 6.89. The van der Waals surface area contributed by atoms with Crippen LogP contribution in [0.3, 0.4) is 0 Å². The summed E-state index contributed by atoms with van der Waals surface area (Å²) in [7, 11) is 5.95. The number of nitrogens with zero attached hydrogens (tertiary/aromatic N) is 5. The summed E-state index contributed by atoms with van der Waals surface area (Å²) in [6, 6.07) is 0. The van der Waals surface area contributed by atoms with E-state index in [2.05, 4.69) is 4.90 Å². The van der Waals surface area contributed by atoms with Crippen molar-refractivity contribution in [3.63, 3.8) is 0 Å². The number of fused-ring (bicyclic) bond motifs is 1. The Balaban J connectivity index is 1.68. The zero-order valence-electron chi connectivity index (χ0n) is 17.1. The molecule has 2 N–H and O–H groups in total. The quantitative estimate of drug-likeness (QED) is 0.732. The molecule has 0 amide bonds. The summed E-state index contributed by atoms with van der Waals surface area (Å²) in [5.74, 6) is 2.24. The van der Waals surface area contributed by atoms with Gasteiger partial charge in [0.05, 0.1) is 18.4 Å². The molecule has 0 aromatic carbocycles. The van der Waals surface area contributed by atoms with E-state index in [0.29, 0.717) is 19.0 Å². The third-order valence-electron chi connectivity index (χ3n) is 5.91. The summed E-state index contributed by atoms with van der Waals surface area (Å²) in [5.41, 5.74) is 2.57. The Morgan fingerprint density at radius 1 is 1.11 bits per heavy atom. The minimum atomic E-state index is -0.333. The van der Waals surface area contributed by atoms with Crippen molar-refractivity contribution in [1.82, 2.24) is 14.9 Å². The monoisotopic (exact) mass is 377 g/mol. The van der Waals surface area contributed by atoms with Crippen molar-refractivity contribution in [2.75, 3.05) is 63.7 Å². The third kappa shape index (κ3) is 4.89. The Labute approximate surface area is 163 Å². The number of hydrogen-bond donors (Lipinski definition) is 2. The molecule has 7 heteroatoms. The first-order valence-corrected chi connectivity index (χ1v) is 10.3. The van der Waals surface area contributed by atoms with Gasteiger partial charge in [0, 0.05) is 45.8 Å². The minimum absolute atomic E-state index is 0.134. The number of aryl methyl sites for hydroxylation is 1. The maximum absolute atomic E-state index is 10.6. The Morgan fingerprint density at radius 2 is 1.81 bits per heavy atom. The van der Waals surface area contributed by atoms with E-state index in [1.807, 2.05) is 30.9 Å². The fourth-order valence-electron chi connectivity index (χ4n) is 4.25. The van der Waals surface area contributed by atoms with Crippen molar-refractivity contribution in [3.8, 4) is 0 Å². The average Bonchev–Trinajstić information content (AvgIpc) is 2.67. The van der Waals surface area contributed by atoms with Gasteiger partial charge in [-0.1, -0.05) is 0 Å². The Hall–Kier alpha value is -1.44. The molecule has 7 nitrogen and oxygen atoms in total. The van der Waals surface area contributed by atoms with Crippen LogP contribution >= 0.6 is 0 Å². The molecular formula is C20H35N5O2. The van der Waals surface area contributed by atoms with E-state index in [-0.39, 0.29) is 12.7 Å². The molecule has 1 saturated heterocycles. The highest BCUT2D eigenvalue weighted by atomic mass is 16.3. The van der Waals surface area contributed by atoms with E-state index in [1.165, 1.54) is 24.1 Å². The van der Waals surface area contributed by atoms with Gasteiger partial charge in [-0.25, -0.2) is 4.98 Å². The van der Waals surface area contributed by atoms with Crippen LogP contribution in [0, 0.1) is 5.92 Å². The summed E-state index contributed by atoms with van der Waals surface area (Å²) >= 11 is 0. The number of aliphatic hydroxyl groups excluding tert-OH is 2. The fourth-order valence-corrected chi connectivity index (χ4v) is 4.25. The predicted octanol–water partition coefficient (Wildman–Crippen LogP) is 0.923. The normalized spacial score (nSPS) is 19.3. The van der Waals surface area contributed by atoms with E-state index in [9.17, 15) is 5.11 Å². The molecule has 1 aliphatic heterocycles. The summed E-state index contributed by atoms with van der Waals surface area (Å²) < 4.78 is 0. The molecule has 152 valence electrons. The van der Waals surface area contributed by atoms with Gasteiger partial charge in [0.1, 0.15) is 5.82 Å². The van der Waals surface area contributed by atoms with Crippen LogP contribution in [0.25, 0.3) is 0 Å². The molecule has 2 aliphatic rings. The van der Waals surface area contributed by atoms with Gasteiger partial charge in [-0.3, -0.25) is 0 Å². The summed E-state index contributed by atoms with van der Waals surface area (Å²) in [6.45, 7) is 3.23. The molecule has 0 bridgehead atoms. The first kappa shape index (κ1) is 20.3. The number of piperidine rings is 1. The van der Waals surface area contributed by atoms with Crippen LogP contribution in [0.4, 0.5) is 11.8 Å². The van der Waals surface area contributed by atoms with E-state index in [4.69, 9.17) is 15.1 Å². The molecule has 1 unspecified atom stereocenters. The van der Waals surface area contributed by atoms with Crippen LogP contribution in [0.1, 0.15) is 36.9 Å². The van der Waals surface area contributed by atoms with Gasteiger partial charge in [0.25, 0.3) is 0 Å². The molecular weight excluding hydrogens is 342 g/mol. The largest absolute Gasteiger partial charge is 0.395 e. The number of aliphatic hydroxyl groups is 2. The van der Waals surface area contributed by atoms with Crippen LogP contribution < -0.4 is 9.80 Å².